The molecule has 116 valence electrons. The lowest BCUT2D eigenvalue weighted by Gasteiger charge is -2.29. The van der Waals surface area contributed by atoms with Gasteiger partial charge in [0, 0.05) is 41.9 Å². The summed E-state index contributed by atoms with van der Waals surface area (Å²) in [4.78, 5) is 6.35. The maximum atomic E-state index is 13.8. The Labute approximate surface area is 132 Å². The first-order valence-corrected chi connectivity index (χ1v) is 7.36. The Morgan fingerprint density at radius 2 is 2.04 bits per heavy atom. The second kappa shape index (κ2) is 5.59. The minimum Gasteiger partial charge on any atom is -0.475 e. The van der Waals surface area contributed by atoms with Crippen molar-refractivity contribution < 1.29 is 13.5 Å². The van der Waals surface area contributed by atoms with Crippen LogP contribution < -0.4 is 4.74 Å². The van der Waals surface area contributed by atoms with Gasteiger partial charge in [0.1, 0.15) is 23.9 Å². The number of pyridine rings is 1. The predicted molar refractivity (Wildman–Crippen MR) is 82.8 cm³/mol. The molecule has 0 fully saturated rings. The summed E-state index contributed by atoms with van der Waals surface area (Å²) in [6, 6.07) is 11.6. The van der Waals surface area contributed by atoms with E-state index in [4.69, 9.17) is 4.74 Å². The third kappa shape index (κ3) is 2.64. The van der Waals surface area contributed by atoms with E-state index in [0.29, 0.717) is 25.4 Å². The van der Waals surface area contributed by atoms with Gasteiger partial charge in [-0.15, -0.1) is 0 Å². The Bertz CT molecular complexity index is 882. The summed E-state index contributed by atoms with van der Waals surface area (Å²) in [7, 11) is 0. The van der Waals surface area contributed by atoms with Crippen molar-refractivity contribution in [2.24, 2.45) is 0 Å². The summed E-state index contributed by atoms with van der Waals surface area (Å²) in [6.45, 7) is 1.35. The summed E-state index contributed by atoms with van der Waals surface area (Å²) in [5.41, 5.74) is 2.32. The molecule has 0 amide bonds. The van der Waals surface area contributed by atoms with Gasteiger partial charge < -0.3 is 4.74 Å². The average molecular weight is 312 g/mol. The van der Waals surface area contributed by atoms with Crippen LogP contribution >= 0.6 is 0 Å². The number of hydrogen-bond acceptors (Lipinski definition) is 3. The molecule has 4 rings (SSSR count). The fourth-order valence-electron chi connectivity index (χ4n) is 2.88. The van der Waals surface area contributed by atoms with Crippen molar-refractivity contribution >= 4 is 10.9 Å². The fourth-order valence-corrected chi connectivity index (χ4v) is 2.88. The third-order valence-corrected chi connectivity index (χ3v) is 4.00. The van der Waals surface area contributed by atoms with Crippen molar-refractivity contribution in [2.75, 3.05) is 6.73 Å². The SMILES string of the molecule is Fc1ccc(CN2COc3c(ccc4cccnc34)C2)c(F)c1. The van der Waals surface area contributed by atoms with Gasteiger partial charge in [0.2, 0.25) is 0 Å². The highest BCUT2D eigenvalue weighted by molar-refractivity contribution is 5.85. The van der Waals surface area contributed by atoms with Crippen LogP contribution in [0.3, 0.4) is 0 Å². The molecule has 23 heavy (non-hydrogen) atoms. The van der Waals surface area contributed by atoms with Gasteiger partial charge in [-0.25, -0.2) is 8.78 Å². The van der Waals surface area contributed by atoms with E-state index in [9.17, 15) is 8.78 Å². The van der Waals surface area contributed by atoms with E-state index in [0.717, 1.165) is 28.3 Å². The van der Waals surface area contributed by atoms with Crippen molar-refractivity contribution in [3.63, 3.8) is 0 Å². The van der Waals surface area contributed by atoms with Gasteiger partial charge in [-0.1, -0.05) is 24.3 Å². The number of nitrogens with zero attached hydrogens (tertiary/aromatic N) is 2. The molecule has 0 unspecified atom stereocenters. The van der Waals surface area contributed by atoms with E-state index in [-0.39, 0.29) is 0 Å². The third-order valence-electron chi connectivity index (χ3n) is 4.00. The molecule has 0 aliphatic carbocycles. The Kier molecular flexibility index (Phi) is 3.42. The molecule has 0 N–H and O–H groups in total. The number of benzene rings is 2. The van der Waals surface area contributed by atoms with Crippen LogP contribution in [0.5, 0.6) is 5.75 Å². The molecule has 0 bridgehead atoms. The van der Waals surface area contributed by atoms with Crippen LogP contribution in [0, 0.1) is 11.6 Å². The van der Waals surface area contributed by atoms with E-state index in [2.05, 4.69) is 4.98 Å². The molecule has 0 spiro atoms. The number of halogens is 2. The highest BCUT2D eigenvalue weighted by Crippen LogP contribution is 2.32. The van der Waals surface area contributed by atoms with Crippen LogP contribution in [0.4, 0.5) is 8.78 Å². The molecule has 0 radical (unpaired) electrons. The van der Waals surface area contributed by atoms with Crippen LogP contribution in [0.25, 0.3) is 10.9 Å². The van der Waals surface area contributed by atoms with E-state index in [1.54, 1.807) is 6.20 Å². The van der Waals surface area contributed by atoms with Gasteiger partial charge in [-0.05, 0) is 12.1 Å². The second-order valence-corrected chi connectivity index (χ2v) is 5.63. The molecule has 2 heterocycles. The van der Waals surface area contributed by atoms with Crippen molar-refractivity contribution in [3.8, 4) is 5.75 Å². The van der Waals surface area contributed by atoms with Crippen LogP contribution in [0.1, 0.15) is 11.1 Å². The molecule has 0 saturated carbocycles. The van der Waals surface area contributed by atoms with Crippen LogP contribution in [0.15, 0.2) is 48.7 Å². The number of rotatable bonds is 2. The molecular formula is C18H14F2N2O. The summed E-state index contributed by atoms with van der Waals surface area (Å²) in [6.07, 6.45) is 1.74. The van der Waals surface area contributed by atoms with Crippen molar-refractivity contribution in [1.82, 2.24) is 9.88 Å². The Balaban J connectivity index is 1.60. The van der Waals surface area contributed by atoms with Crippen LogP contribution in [-0.4, -0.2) is 16.6 Å². The minimum absolute atomic E-state index is 0.347. The molecule has 1 aromatic heterocycles. The second-order valence-electron chi connectivity index (χ2n) is 5.63. The lowest BCUT2D eigenvalue weighted by atomic mass is 10.1. The van der Waals surface area contributed by atoms with Gasteiger partial charge in [-0.3, -0.25) is 9.88 Å². The monoisotopic (exact) mass is 312 g/mol. The molecule has 1 aliphatic heterocycles. The summed E-state index contributed by atoms with van der Waals surface area (Å²) in [5, 5.41) is 1.03. The molecule has 0 atom stereocenters. The standard InChI is InChI=1S/C18H14F2N2O/c19-15-6-5-13(16(20)8-15)9-22-10-14-4-3-12-2-1-7-21-17(12)18(14)23-11-22/h1-8H,9-11H2. The first kappa shape index (κ1) is 14.1. The molecule has 5 heteroatoms. The van der Waals surface area contributed by atoms with Crippen LogP contribution in [0.2, 0.25) is 0 Å². The normalized spacial score (nSPS) is 14.5. The van der Waals surface area contributed by atoms with Crippen molar-refractivity contribution in [2.45, 2.75) is 13.1 Å². The zero-order chi connectivity index (χ0) is 15.8. The van der Waals surface area contributed by atoms with E-state index >= 15 is 0 Å². The van der Waals surface area contributed by atoms with Gasteiger partial charge in [-0.2, -0.15) is 0 Å². The summed E-state index contributed by atoms with van der Waals surface area (Å²) >= 11 is 0. The predicted octanol–water partition coefficient (Wildman–Crippen LogP) is 3.87. The molecule has 1 aliphatic rings. The lowest BCUT2D eigenvalue weighted by molar-refractivity contribution is 0.0891. The maximum Gasteiger partial charge on any atom is 0.152 e. The molecule has 2 aromatic carbocycles. The van der Waals surface area contributed by atoms with Crippen LogP contribution in [-0.2, 0) is 13.1 Å². The summed E-state index contributed by atoms with van der Waals surface area (Å²) < 4.78 is 32.6. The van der Waals surface area contributed by atoms with E-state index in [1.165, 1.54) is 12.1 Å². The average Bonchev–Trinajstić information content (AvgIpc) is 2.57. The highest BCUT2D eigenvalue weighted by Gasteiger charge is 2.21. The first-order valence-electron chi connectivity index (χ1n) is 7.36. The van der Waals surface area contributed by atoms with Gasteiger partial charge in [0.25, 0.3) is 0 Å². The molecular weight excluding hydrogens is 298 g/mol. The van der Waals surface area contributed by atoms with Gasteiger partial charge in [0.15, 0.2) is 5.75 Å². The largest absolute Gasteiger partial charge is 0.475 e. The highest BCUT2D eigenvalue weighted by atomic mass is 19.1. The maximum absolute atomic E-state index is 13.8. The zero-order valence-corrected chi connectivity index (χ0v) is 12.3. The quantitative estimate of drug-likeness (QED) is 0.718. The number of hydrogen-bond donors (Lipinski definition) is 0. The first-order chi connectivity index (χ1) is 11.2. The summed E-state index contributed by atoms with van der Waals surface area (Å²) in [5.74, 6) is -0.307. The van der Waals surface area contributed by atoms with Gasteiger partial charge in [0.05, 0.1) is 0 Å². The number of aromatic nitrogens is 1. The zero-order valence-electron chi connectivity index (χ0n) is 12.3. The Hall–Kier alpha value is -2.53. The molecule has 3 nitrogen and oxygen atoms in total. The van der Waals surface area contributed by atoms with E-state index in [1.807, 2.05) is 29.2 Å². The lowest BCUT2D eigenvalue weighted by Crippen LogP contribution is -2.32. The molecule has 0 saturated heterocycles. The number of fused-ring (bicyclic) bond motifs is 3. The Morgan fingerprint density at radius 1 is 1.13 bits per heavy atom. The van der Waals surface area contributed by atoms with Crippen molar-refractivity contribution in [3.05, 3.63) is 71.4 Å². The Morgan fingerprint density at radius 3 is 2.91 bits per heavy atom. The van der Waals surface area contributed by atoms with Gasteiger partial charge >= 0.3 is 0 Å². The topological polar surface area (TPSA) is 25.4 Å². The van der Waals surface area contributed by atoms with E-state index < -0.39 is 11.6 Å². The minimum atomic E-state index is -0.566. The molecule has 3 aromatic rings. The smallest absolute Gasteiger partial charge is 0.152 e. The van der Waals surface area contributed by atoms with Crippen molar-refractivity contribution in [1.29, 1.82) is 0 Å². The fraction of sp³-hybridized carbons (Fsp3) is 0.167. The number of ether oxygens (including phenoxy) is 1.